The number of carbonyl (C=O) groups is 1. The number of aliphatic hydroxyl groups is 1. The Hall–Kier alpha value is -3.05. The largest absolute Gasteiger partial charge is 0.417 e. The van der Waals surface area contributed by atoms with E-state index in [1.807, 2.05) is 40.1 Å². The fourth-order valence-electron chi connectivity index (χ4n) is 5.19. The SMILES string of the molecule is N#Cc1ccc(N2CC(CO)C3(CCN(C(=O)Cc4ccccc4)CC3)C2)cc1C(F)(F)F. The number of anilines is 1. The Bertz CT molecular complexity index is 1040. The third-order valence-electron chi connectivity index (χ3n) is 7.14. The summed E-state index contributed by atoms with van der Waals surface area (Å²) in [6.07, 6.45) is -2.89. The molecule has 2 aromatic rings. The molecule has 1 spiro atoms. The standard InChI is InChI=1S/C25H26F3N3O2/c26-25(27,28)22-13-21(7-6-19(22)14-29)31-15-20(16-32)24(17-31)8-10-30(11-9-24)23(33)12-18-4-2-1-3-5-18/h1-7,13,20,32H,8-12,15-17H2. The van der Waals surface area contributed by atoms with Gasteiger partial charge in [-0.3, -0.25) is 4.79 Å². The van der Waals surface area contributed by atoms with Gasteiger partial charge in [0.15, 0.2) is 0 Å². The van der Waals surface area contributed by atoms with Crippen LogP contribution in [0, 0.1) is 22.7 Å². The monoisotopic (exact) mass is 457 g/mol. The molecule has 1 N–H and O–H groups in total. The molecule has 8 heteroatoms. The second kappa shape index (κ2) is 9.06. The highest BCUT2D eigenvalue weighted by Gasteiger charge is 2.48. The summed E-state index contributed by atoms with van der Waals surface area (Å²) in [6.45, 7) is 2.03. The highest BCUT2D eigenvalue weighted by molar-refractivity contribution is 5.78. The van der Waals surface area contributed by atoms with E-state index in [2.05, 4.69) is 0 Å². The lowest BCUT2D eigenvalue weighted by Gasteiger charge is -2.42. The van der Waals surface area contributed by atoms with Gasteiger partial charge in [0, 0.05) is 44.4 Å². The molecule has 4 rings (SSSR count). The topological polar surface area (TPSA) is 67.6 Å². The Balaban J connectivity index is 1.47. The molecule has 1 amide bonds. The van der Waals surface area contributed by atoms with Crippen molar-refractivity contribution in [3.8, 4) is 6.07 Å². The summed E-state index contributed by atoms with van der Waals surface area (Å²) in [6, 6.07) is 15.0. The van der Waals surface area contributed by atoms with Gasteiger partial charge in [-0.15, -0.1) is 0 Å². The van der Waals surface area contributed by atoms with Crippen LogP contribution < -0.4 is 4.90 Å². The van der Waals surface area contributed by atoms with Crippen molar-refractivity contribution in [2.75, 3.05) is 37.7 Å². The summed E-state index contributed by atoms with van der Waals surface area (Å²) in [5, 5.41) is 19.1. The fourth-order valence-corrected chi connectivity index (χ4v) is 5.19. The third kappa shape index (κ3) is 4.69. The quantitative estimate of drug-likeness (QED) is 0.757. The first-order chi connectivity index (χ1) is 15.8. The third-order valence-corrected chi connectivity index (χ3v) is 7.14. The maximum atomic E-state index is 13.4. The summed E-state index contributed by atoms with van der Waals surface area (Å²) in [5.74, 6) is -0.0257. The first kappa shape index (κ1) is 23.1. The Kier molecular flexibility index (Phi) is 6.35. The zero-order valence-corrected chi connectivity index (χ0v) is 18.2. The van der Waals surface area contributed by atoms with Gasteiger partial charge in [-0.05, 0) is 42.0 Å². The molecule has 0 aliphatic carbocycles. The first-order valence-electron chi connectivity index (χ1n) is 11.0. The number of likely N-dealkylation sites (tertiary alicyclic amines) is 1. The molecule has 33 heavy (non-hydrogen) atoms. The number of alkyl halides is 3. The van der Waals surface area contributed by atoms with Gasteiger partial charge in [0.05, 0.1) is 23.6 Å². The number of benzene rings is 2. The molecule has 1 unspecified atom stereocenters. The zero-order valence-electron chi connectivity index (χ0n) is 18.2. The number of rotatable bonds is 4. The molecule has 2 saturated heterocycles. The Morgan fingerprint density at radius 1 is 1.15 bits per heavy atom. The van der Waals surface area contributed by atoms with E-state index < -0.39 is 17.3 Å². The van der Waals surface area contributed by atoms with E-state index in [1.54, 1.807) is 12.1 Å². The summed E-state index contributed by atoms with van der Waals surface area (Å²) < 4.78 is 40.3. The lowest BCUT2D eigenvalue weighted by atomic mass is 9.71. The highest BCUT2D eigenvalue weighted by atomic mass is 19.4. The minimum absolute atomic E-state index is 0.0587. The second-order valence-electron chi connectivity index (χ2n) is 9.01. The molecule has 0 aromatic heterocycles. The maximum absolute atomic E-state index is 13.4. The molecular weight excluding hydrogens is 431 g/mol. The molecule has 2 heterocycles. The van der Waals surface area contributed by atoms with Crippen LogP contribution in [-0.2, 0) is 17.4 Å². The summed E-state index contributed by atoms with van der Waals surface area (Å²) in [5.41, 5.74) is -0.233. The minimum atomic E-state index is -4.61. The van der Waals surface area contributed by atoms with Crippen molar-refractivity contribution in [2.24, 2.45) is 11.3 Å². The molecule has 5 nitrogen and oxygen atoms in total. The summed E-state index contributed by atoms with van der Waals surface area (Å²) >= 11 is 0. The van der Waals surface area contributed by atoms with Crippen molar-refractivity contribution in [3.63, 3.8) is 0 Å². The highest BCUT2D eigenvalue weighted by Crippen LogP contribution is 2.46. The summed E-state index contributed by atoms with van der Waals surface area (Å²) in [4.78, 5) is 16.5. The van der Waals surface area contributed by atoms with Crippen LogP contribution in [0.15, 0.2) is 48.5 Å². The number of halogens is 3. The number of carbonyl (C=O) groups excluding carboxylic acids is 1. The van der Waals surface area contributed by atoms with E-state index in [4.69, 9.17) is 5.26 Å². The lowest BCUT2D eigenvalue weighted by molar-refractivity contribution is -0.137. The predicted molar refractivity (Wildman–Crippen MR) is 117 cm³/mol. The maximum Gasteiger partial charge on any atom is 0.417 e. The molecule has 174 valence electrons. The van der Waals surface area contributed by atoms with Gasteiger partial charge < -0.3 is 14.9 Å². The minimum Gasteiger partial charge on any atom is -0.396 e. The van der Waals surface area contributed by atoms with E-state index in [0.717, 1.165) is 11.6 Å². The van der Waals surface area contributed by atoms with E-state index in [1.165, 1.54) is 6.07 Å². The van der Waals surface area contributed by atoms with E-state index >= 15 is 0 Å². The van der Waals surface area contributed by atoms with Crippen LogP contribution >= 0.6 is 0 Å². The van der Waals surface area contributed by atoms with Gasteiger partial charge in [0.1, 0.15) is 0 Å². The number of amides is 1. The zero-order chi connectivity index (χ0) is 23.6. The lowest BCUT2D eigenvalue weighted by Crippen LogP contribution is -2.47. The number of nitriles is 1. The number of hydrogen-bond acceptors (Lipinski definition) is 4. The molecule has 2 aliphatic rings. The molecule has 0 bridgehead atoms. The van der Waals surface area contributed by atoms with Gasteiger partial charge >= 0.3 is 6.18 Å². The first-order valence-corrected chi connectivity index (χ1v) is 11.0. The van der Waals surface area contributed by atoms with Gasteiger partial charge in [0.25, 0.3) is 0 Å². The van der Waals surface area contributed by atoms with Crippen molar-refractivity contribution in [2.45, 2.75) is 25.4 Å². The number of aliphatic hydroxyl groups excluding tert-OH is 1. The fraction of sp³-hybridized carbons (Fsp3) is 0.440. The molecule has 0 saturated carbocycles. The van der Waals surface area contributed by atoms with Crippen LogP contribution in [0.3, 0.4) is 0 Å². The van der Waals surface area contributed by atoms with Crippen molar-refractivity contribution in [1.82, 2.24) is 4.90 Å². The van der Waals surface area contributed by atoms with Crippen molar-refractivity contribution >= 4 is 11.6 Å². The van der Waals surface area contributed by atoms with E-state index in [-0.39, 0.29) is 23.8 Å². The van der Waals surface area contributed by atoms with E-state index in [9.17, 15) is 23.1 Å². The van der Waals surface area contributed by atoms with Crippen LogP contribution in [0.25, 0.3) is 0 Å². The molecular formula is C25H26F3N3O2. The number of piperidine rings is 1. The van der Waals surface area contributed by atoms with Crippen LogP contribution in [0.4, 0.5) is 18.9 Å². The average molecular weight is 457 g/mol. The Morgan fingerprint density at radius 3 is 2.45 bits per heavy atom. The van der Waals surface area contributed by atoms with Crippen LogP contribution in [0.1, 0.15) is 29.5 Å². The molecule has 0 radical (unpaired) electrons. The van der Waals surface area contributed by atoms with Gasteiger partial charge in [-0.25, -0.2) is 0 Å². The van der Waals surface area contributed by atoms with Crippen LogP contribution in [-0.4, -0.2) is 48.7 Å². The molecule has 2 aliphatic heterocycles. The van der Waals surface area contributed by atoms with E-state index in [0.29, 0.717) is 51.1 Å². The molecule has 2 aromatic carbocycles. The molecule has 1 atom stereocenters. The number of hydrogen-bond donors (Lipinski definition) is 1. The average Bonchev–Trinajstić information content (AvgIpc) is 3.17. The normalized spacial score (nSPS) is 20.2. The van der Waals surface area contributed by atoms with Crippen molar-refractivity contribution in [3.05, 3.63) is 65.2 Å². The summed E-state index contributed by atoms with van der Waals surface area (Å²) in [7, 11) is 0. The predicted octanol–water partition coefficient (Wildman–Crippen LogP) is 3.86. The Labute approximate surface area is 191 Å². The van der Waals surface area contributed by atoms with Gasteiger partial charge in [-0.1, -0.05) is 30.3 Å². The van der Waals surface area contributed by atoms with Crippen molar-refractivity contribution in [1.29, 1.82) is 5.26 Å². The van der Waals surface area contributed by atoms with Gasteiger partial charge in [0.2, 0.25) is 5.91 Å². The smallest absolute Gasteiger partial charge is 0.396 e. The molecule has 2 fully saturated rings. The van der Waals surface area contributed by atoms with Crippen LogP contribution in [0.5, 0.6) is 0 Å². The van der Waals surface area contributed by atoms with Crippen molar-refractivity contribution < 1.29 is 23.1 Å². The van der Waals surface area contributed by atoms with Gasteiger partial charge in [-0.2, -0.15) is 18.4 Å². The van der Waals surface area contributed by atoms with Crippen LogP contribution in [0.2, 0.25) is 0 Å². The Morgan fingerprint density at radius 2 is 1.85 bits per heavy atom. The number of nitrogens with zero attached hydrogens (tertiary/aromatic N) is 3. The second-order valence-corrected chi connectivity index (χ2v) is 9.01.